The van der Waals surface area contributed by atoms with E-state index in [1.54, 1.807) is 19.3 Å². The lowest BCUT2D eigenvalue weighted by Gasteiger charge is -2.09. The molecule has 0 amide bonds. The van der Waals surface area contributed by atoms with E-state index in [1.807, 2.05) is 16.8 Å². The predicted molar refractivity (Wildman–Crippen MR) is 72.1 cm³/mol. The second-order valence-electron chi connectivity index (χ2n) is 3.56. The van der Waals surface area contributed by atoms with E-state index in [-0.39, 0.29) is 11.4 Å². The van der Waals surface area contributed by atoms with Gasteiger partial charge in [-0.3, -0.25) is 0 Å². The first-order chi connectivity index (χ1) is 8.63. The molecule has 0 atom stereocenters. The molecule has 18 heavy (non-hydrogen) atoms. The minimum Gasteiger partial charge on any atom is -0.372 e. The van der Waals surface area contributed by atoms with E-state index in [4.69, 9.17) is 0 Å². The molecule has 0 aliphatic carbocycles. The first kappa shape index (κ1) is 13.0. The Balaban J connectivity index is 2.20. The Bertz CT molecular complexity index is 609. The van der Waals surface area contributed by atoms with E-state index in [2.05, 4.69) is 15.0 Å². The SMILES string of the molecule is CNc1ncccc1S(=O)(=O)NCc1ccsc1. The van der Waals surface area contributed by atoms with Crippen LogP contribution in [0.4, 0.5) is 5.82 Å². The van der Waals surface area contributed by atoms with E-state index >= 15 is 0 Å². The minimum absolute atomic E-state index is 0.155. The highest BCUT2D eigenvalue weighted by molar-refractivity contribution is 7.89. The topological polar surface area (TPSA) is 71.1 Å². The van der Waals surface area contributed by atoms with Crippen LogP contribution in [0.3, 0.4) is 0 Å². The number of pyridine rings is 1. The van der Waals surface area contributed by atoms with Crippen LogP contribution in [0.1, 0.15) is 5.56 Å². The molecule has 2 heterocycles. The van der Waals surface area contributed by atoms with Gasteiger partial charge in [-0.05, 0) is 34.5 Å². The first-order valence-electron chi connectivity index (χ1n) is 5.27. The highest BCUT2D eigenvalue weighted by Gasteiger charge is 2.18. The molecule has 2 N–H and O–H groups in total. The van der Waals surface area contributed by atoms with Gasteiger partial charge < -0.3 is 5.32 Å². The lowest BCUT2D eigenvalue weighted by atomic mass is 10.4. The second kappa shape index (κ2) is 5.47. The predicted octanol–water partition coefficient (Wildman–Crippen LogP) is 1.66. The van der Waals surface area contributed by atoms with Crippen molar-refractivity contribution in [3.63, 3.8) is 0 Å². The molecule has 0 aromatic carbocycles. The summed E-state index contributed by atoms with van der Waals surface area (Å²) in [6.07, 6.45) is 1.55. The Labute approximate surface area is 110 Å². The normalized spacial score (nSPS) is 11.4. The standard InChI is InChI=1S/C11H13N3O2S2/c1-12-11-10(3-2-5-13-11)18(15,16)14-7-9-4-6-17-8-9/h2-6,8,14H,7H2,1H3,(H,12,13). The monoisotopic (exact) mass is 283 g/mol. The van der Waals surface area contributed by atoms with Gasteiger partial charge in [-0.15, -0.1) is 0 Å². The molecular formula is C11H13N3O2S2. The van der Waals surface area contributed by atoms with Crippen LogP contribution in [0.15, 0.2) is 40.1 Å². The molecule has 7 heteroatoms. The highest BCUT2D eigenvalue weighted by Crippen LogP contribution is 2.17. The minimum atomic E-state index is -3.55. The maximum atomic E-state index is 12.1. The van der Waals surface area contributed by atoms with Gasteiger partial charge in [-0.2, -0.15) is 11.3 Å². The molecule has 0 saturated heterocycles. The Kier molecular flexibility index (Phi) is 3.95. The molecule has 0 aliphatic heterocycles. The maximum Gasteiger partial charge on any atom is 0.244 e. The van der Waals surface area contributed by atoms with Gasteiger partial charge in [-0.25, -0.2) is 18.1 Å². The van der Waals surface area contributed by atoms with Gasteiger partial charge in [0.15, 0.2) is 0 Å². The number of hydrogen-bond acceptors (Lipinski definition) is 5. The van der Waals surface area contributed by atoms with Crippen molar-refractivity contribution in [2.75, 3.05) is 12.4 Å². The molecule has 5 nitrogen and oxygen atoms in total. The van der Waals surface area contributed by atoms with E-state index < -0.39 is 10.0 Å². The van der Waals surface area contributed by atoms with E-state index in [9.17, 15) is 8.42 Å². The summed E-state index contributed by atoms with van der Waals surface area (Å²) < 4.78 is 26.8. The summed E-state index contributed by atoms with van der Waals surface area (Å²) >= 11 is 1.53. The van der Waals surface area contributed by atoms with Crippen LogP contribution in [-0.4, -0.2) is 20.4 Å². The molecule has 0 bridgehead atoms. The number of hydrogen-bond donors (Lipinski definition) is 2. The van der Waals surface area contributed by atoms with Gasteiger partial charge in [-0.1, -0.05) is 0 Å². The summed E-state index contributed by atoms with van der Waals surface area (Å²) in [5, 5.41) is 6.58. The zero-order valence-electron chi connectivity index (χ0n) is 9.75. The van der Waals surface area contributed by atoms with Crippen molar-refractivity contribution in [1.29, 1.82) is 0 Å². The van der Waals surface area contributed by atoms with E-state index in [1.165, 1.54) is 17.4 Å². The Hall–Kier alpha value is -1.44. The fourth-order valence-corrected chi connectivity index (χ4v) is 3.29. The molecule has 2 aromatic rings. The molecule has 0 unspecified atom stereocenters. The maximum absolute atomic E-state index is 12.1. The van der Waals surface area contributed by atoms with Gasteiger partial charge >= 0.3 is 0 Å². The summed E-state index contributed by atoms with van der Waals surface area (Å²) in [4.78, 5) is 4.14. The summed E-state index contributed by atoms with van der Waals surface area (Å²) in [7, 11) is -1.91. The molecule has 2 rings (SSSR count). The summed E-state index contributed by atoms with van der Waals surface area (Å²) in [6.45, 7) is 0.282. The zero-order chi connectivity index (χ0) is 13.0. The number of thiophene rings is 1. The quantitative estimate of drug-likeness (QED) is 0.875. The average Bonchev–Trinajstić information content (AvgIpc) is 2.89. The van der Waals surface area contributed by atoms with Crippen molar-refractivity contribution in [2.24, 2.45) is 0 Å². The van der Waals surface area contributed by atoms with Gasteiger partial charge in [0.05, 0.1) is 0 Å². The Morgan fingerprint density at radius 2 is 2.22 bits per heavy atom. The molecule has 0 radical (unpaired) electrons. The molecule has 96 valence electrons. The highest BCUT2D eigenvalue weighted by atomic mass is 32.2. The van der Waals surface area contributed by atoms with E-state index in [0.29, 0.717) is 5.82 Å². The second-order valence-corrected chi connectivity index (χ2v) is 6.07. The number of aromatic nitrogens is 1. The molecule has 0 fully saturated rings. The molecule has 0 spiro atoms. The molecule has 0 saturated carbocycles. The van der Waals surface area contributed by atoms with Crippen molar-refractivity contribution in [2.45, 2.75) is 11.4 Å². The molecule has 2 aromatic heterocycles. The van der Waals surface area contributed by atoms with Crippen molar-refractivity contribution in [3.8, 4) is 0 Å². The zero-order valence-corrected chi connectivity index (χ0v) is 11.4. The van der Waals surface area contributed by atoms with Crippen LogP contribution in [0, 0.1) is 0 Å². The number of nitrogens with zero attached hydrogens (tertiary/aromatic N) is 1. The molecular weight excluding hydrogens is 270 g/mol. The molecule has 0 aliphatic rings. The lowest BCUT2D eigenvalue weighted by Crippen LogP contribution is -2.24. The number of anilines is 1. The third-order valence-corrected chi connectivity index (χ3v) is 4.51. The van der Waals surface area contributed by atoms with Crippen molar-refractivity contribution in [3.05, 3.63) is 40.7 Å². The number of rotatable bonds is 5. The van der Waals surface area contributed by atoms with Crippen LogP contribution >= 0.6 is 11.3 Å². The fourth-order valence-electron chi connectivity index (χ4n) is 1.44. The van der Waals surface area contributed by atoms with Crippen LogP contribution in [0.2, 0.25) is 0 Å². The third kappa shape index (κ3) is 2.87. The van der Waals surface area contributed by atoms with Crippen LogP contribution < -0.4 is 10.0 Å². The number of sulfonamides is 1. The van der Waals surface area contributed by atoms with Crippen LogP contribution in [-0.2, 0) is 16.6 Å². The summed E-state index contributed by atoms with van der Waals surface area (Å²) in [5.74, 6) is 0.343. The first-order valence-corrected chi connectivity index (χ1v) is 7.69. The van der Waals surface area contributed by atoms with Crippen LogP contribution in [0.5, 0.6) is 0 Å². The number of nitrogens with one attached hydrogen (secondary N) is 2. The van der Waals surface area contributed by atoms with Gasteiger partial charge in [0, 0.05) is 19.8 Å². The van der Waals surface area contributed by atoms with Gasteiger partial charge in [0.2, 0.25) is 10.0 Å². The third-order valence-electron chi connectivity index (χ3n) is 2.34. The Morgan fingerprint density at radius 1 is 1.39 bits per heavy atom. The Morgan fingerprint density at radius 3 is 2.89 bits per heavy atom. The summed E-state index contributed by atoms with van der Waals surface area (Å²) in [5.41, 5.74) is 0.943. The van der Waals surface area contributed by atoms with Crippen molar-refractivity contribution >= 4 is 27.2 Å². The lowest BCUT2D eigenvalue weighted by molar-refractivity contribution is 0.581. The van der Waals surface area contributed by atoms with Gasteiger partial charge in [0.1, 0.15) is 10.7 Å². The average molecular weight is 283 g/mol. The van der Waals surface area contributed by atoms with Gasteiger partial charge in [0.25, 0.3) is 0 Å². The van der Waals surface area contributed by atoms with Crippen molar-refractivity contribution in [1.82, 2.24) is 9.71 Å². The van der Waals surface area contributed by atoms with Crippen molar-refractivity contribution < 1.29 is 8.42 Å². The fraction of sp³-hybridized carbons (Fsp3) is 0.182. The largest absolute Gasteiger partial charge is 0.372 e. The van der Waals surface area contributed by atoms with E-state index in [0.717, 1.165) is 5.56 Å². The summed E-state index contributed by atoms with van der Waals surface area (Å²) in [6, 6.07) is 5.00. The smallest absolute Gasteiger partial charge is 0.244 e. The van der Waals surface area contributed by atoms with Crippen LogP contribution in [0.25, 0.3) is 0 Å².